The molecule has 0 saturated heterocycles. The molecule has 1 heterocycles. The van der Waals surface area contributed by atoms with Crippen LogP contribution in [-0.4, -0.2) is 31.6 Å². The lowest BCUT2D eigenvalue weighted by atomic mass is 9.83. The van der Waals surface area contributed by atoms with Crippen molar-refractivity contribution < 1.29 is 0 Å². The van der Waals surface area contributed by atoms with E-state index in [1.165, 1.54) is 24.1 Å². The van der Waals surface area contributed by atoms with Crippen molar-refractivity contribution in [3.05, 3.63) is 47.0 Å². The molecule has 1 aromatic carbocycles. The minimum atomic E-state index is 0.330. The Morgan fingerprint density at radius 2 is 1.86 bits per heavy atom. The second kappa shape index (κ2) is 7.24. The summed E-state index contributed by atoms with van der Waals surface area (Å²) in [6.45, 7) is 11.4. The second-order valence-electron chi connectivity index (χ2n) is 7.09. The van der Waals surface area contributed by atoms with Gasteiger partial charge in [0.2, 0.25) is 0 Å². The zero-order valence-corrected chi connectivity index (χ0v) is 14.1. The maximum absolute atomic E-state index is 3.25. The summed E-state index contributed by atoms with van der Waals surface area (Å²) in [5.74, 6) is 0. The standard InChI is InChI=1S/C19H30N2/c1-19(2,3)18-10-13-21(14-11-18)15-17-8-6-5-7-16(17)9-12-20-4/h5-8,10,20H,9,11-15H2,1-4H3. The summed E-state index contributed by atoms with van der Waals surface area (Å²) in [7, 11) is 2.02. The van der Waals surface area contributed by atoms with Gasteiger partial charge in [0, 0.05) is 19.6 Å². The van der Waals surface area contributed by atoms with Crippen molar-refractivity contribution in [2.24, 2.45) is 5.41 Å². The molecule has 2 heteroatoms. The molecule has 1 aromatic rings. The normalized spacial score (nSPS) is 16.9. The van der Waals surface area contributed by atoms with Crippen LogP contribution >= 0.6 is 0 Å². The first kappa shape index (κ1) is 16.3. The average Bonchev–Trinajstić information content (AvgIpc) is 2.46. The zero-order chi connectivity index (χ0) is 15.3. The molecule has 0 amide bonds. The van der Waals surface area contributed by atoms with Crippen molar-refractivity contribution in [3.8, 4) is 0 Å². The molecule has 1 aliphatic heterocycles. The van der Waals surface area contributed by atoms with Crippen LogP contribution in [0.25, 0.3) is 0 Å². The summed E-state index contributed by atoms with van der Waals surface area (Å²) in [4.78, 5) is 2.56. The second-order valence-corrected chi connectivity index (χ2v) is 7.09. The molecule has 0 atom stereocenters. The fourth-order valence-electron chi connectivity index (χ4n) is 2.99. The van der Waals surface area contributed by atoms with E-state index < -0.39 is 0 Å². The predicted molar refractivity (Wildman–Crippen MR) is 91.5 cm³/mol. The molecule has 116 valence electrons. The van der Waals surface area contributed by atoms with Crippen molar-refractivity contribution >= 4 is 0 Å². The van der Waals surface area contributed by atoms with Gasteiger partial charge in [0.1, 0.15) is 0 Å². The predicted octanol–water partition coefficient (Wildman–Crippen LogP) is 3.63. The van der Waals surface area contributed by atoms with Crippen LogP contribution in [0, 0.1) is 5.41 Å². The molecule has 0 saturated carbocycles. The van der Waals surface area contributed by atoms with Gasteiger partial charge in [-0.15, -0.1) is 0 Å². The van der Waals surface area contributed by atoms with Crippen molar-refractivity contribution in [3.63, 3.8) is 0 Å². The van der Waals surface area contributed by atoms with E-state index in [0.29, 0.717) is 5.41 Å². The molecule has 2 nitrogen and oxygen atoms in total. The van der Waals surface area contributed by atoms with Gasteiger partial charge < -0.3 is 5.32 Å². The Bertz CT molecular complexity index is 483. The van der Waals surface area contributed by atoms with Gasteiger partial charge in [0.05, 0.1) is 0 Å². The van der Waals surface area contributed by atoms with Gasteiger partial charge in [0.25, 0.3) is 0 Å². The number of nitrogens with one attached hydrogen (secondary N) is 1. The van der Waals surface area contributed by atoms with Crippen molar-refractivity contribution in [2.75, 3.05) is 26.7 Å². The van der Waals surface area contributed by atoms with Gasteiger partial charge in [-0.05, 0) is 43.0 Å². The fraction of sp³-hybridized carbons (Fsp3) is 0.579. The van der Waals surface area contributed by atoms with Crippen LogP contribution in [0.1, 0.15) is 38.3 Å². The van der Waals surface area contributed by atoms with Gasteiger partial charge in [-0.1, -0.05) is 56.7 Å². The van der Waals surface area contributed by atoms with E-state index in [-0.39, 0.29) is 0 Å². The summed E-state index contributed by atoms with van der Waals surface area (Å²) in [6.07, 6.45) is 4.77. The molecule has 0 fully saturated rings. The molecule has 0 bridgehead atoms. The van der Waals surface area contributed by atoms with E-state index in [2.05, 4.69) is 61.3 Å². The van der Waals surface area contributed by atoms with Gasteiger partial charge >= 0.3 is 0 Å². The van der Waals surface area contributed by atoms with E-state index in [4.69, 9.17) is 0 Å². The molecular formula is C19H30N2. The van der Waals surface area contributed by atoms with Gasteiger partial charge in [-0.3, -0.25) is 4.90 Å². The highest BCUT2D eigenvalue weighted by molar-refractivity contribution is 5.28. The van der Waals surface area contributed by atoms with Gasteiger partial charge in [-0.25, -0.2) is 0 Å². The van der Waals surface area contributed by atoms with Crippen LogP contribution < -0.4 is 5.32 Å². The van der Waals surface area contributed by atoms with Crippen LogP contribution in [0.2, 0.25) is 0 Å². The molecule has 21 heavy (non-hydrogen) atoms. The highest BCUT2D eigenvalue weighted by atomic mass is 15.1. The Hall–Kier alpha value is -1.12. The van der Waals surface area contributed by atoms with Crippen molar-refractivity contribution in [1.29, 1.82) is 0 Å². The van der Waals surface area contributed by atoms with E-state index >= 15 is 0 Å². The van der Waals surface area contributed by atoms with Crippen LogP contribution in [0.5, 0.6) is 0 Å². The lowest BCUT2D eigenvalue weighted by Gasteiger charge is -2.32. The first-order chi connectivity index (χ1) is 10.0. The van der Waals surface area contributed by atoms with Gasteiger partial charge in [0.15, 0.2) is 0 Å². The topological polar surface area (TPSA) is 15.3 Å². The fourth-order valence-corrected chi connectivity index (χ4v) is 2.99. The molecule has 0 aromatic heterocycles. The van der Waals surface area contributed by atoms with E-state index in [9.17, 15) is 0 Å². The summed E-state index contributed by atoms with van der Waals surface area (Å²) >= 11 is 0. The molecule has 0 aliphatic carbocycles. The number of nitrogens with zero attached hydrogens (tertiary/aromatic N) is 1. The number of benzene rings is 1. The third-order valence-electron chi connectivity index (χ3n) is 4.41. The quantitative estimate of drug-likeness (QED) is 0.832. The Kier molecular flexibility index (Phi) is 5.60. The molecule has 1 aliphatic rings. The largest absolute Gasteiger partial charge is 0.319 e. The Morgan fingerprint density at radius 1 is 1.14 bits per heavy atom. The van der Waals surface area contributed by atoms with E-state index in [0.717, 1.165) is 26.1 Å². The summed E-state index contributed by atoms with van der Waals surface area (Å²) < 4.78 is 0. The number of hydrogen-bond donors (Lipinski definition) is 1. The first-order valence-corrected chi connectivity index (χ1v) is 8.14. The minimum Gasteiger partial charge on any atom is -0.319 e. The van der Waals surface area contributed by atoms with Crippen LogP contribution in [0.4, 0.5) is 0 Å². The summed E-state index contributed by atoms with van der Waals surface area (Å²) in [5, 5.41) is 3.25. The highest BCUT2D eigenvalue weighted by Gasteiger charge is 2.21. The van der Waals surface area contributed by atoms with Crippen LogP contribution in [-0.2, 0) is 13.0 Å². The average molecular weight is 286 g/mol. The molecule has 0 spiro atoms. The Balaban J connectivity index is 1.99. The molecule has 0 radical (unpaired) electrons. The third kappa shape index (κ3) is 4.69. The molecule has 1 N–H and O–H groups in total. The molecular weight excluding hydrogens is 256 g/mol. The van der Waals surface area contributed by atoms with E-state index in [1.807, 2.05) is 7.05 Å². The molecule has 2 rings (SSSR count). The van der Waals surface area contributed by atoms with E-state index in [1.54, 1.807) is 5.57 Å². The van der Waals surface area contributed by atoms with Gasteiger partial charge in [-0.2, -0.15) is 0 Å². The number of hydrogen-bond acceptors (Lipinski definition) is 2. The minimum absolute atomic E-state index is 0.330. The third-order valence-corrected chi connectivity index (χ3v) is 4.41. The van der Waals surface area contributed by atoms with Crippen LogP contribution in [0.3, 0.4) is 0 Å². The van der Waals surface area contributed by atoms with Crippen molar-refractivity contribution in [1.82, 2.24) is 10.2 Å². The Morgan fingerprint density at radius 3 is 2.43 bits per heavy atom. The lowest BCUT2D eigenvalue weighted by molar-refractivity contribution is 0.270. The van der Waals surface area contributed by atoms with Crippen molar-refractivity contribution in [2.45, 2.75) is 40.2 Å². The highest BCUT2D eigenvalue weighted by Crippen LogP contribution is 2.30. The smallest absolute Gasteiger partial charge is 0.0239 e. The lowest BCUT2D eigenvalue weighted by Crippen LogP contribution is -2.31. The maximum atomic E-state index is 3.25. The Labute approximate surface area is 130 Å². The zero-order valence-electron chi connectivity index (χ0n) is 14.1. The number of likely N-dealkylation sites (N-methyl/N-ethyl adjacent to an activating group) is 1. The number of rotatable bonds is 5. The summed E-state index contributed by atoms with van der Waals surface area (Å²) in [5.41, 5.74) is 4.91. The summed E-state index contributed by atoms with van der Waals surface area (Å²) in [6, 6.07) is 8.88. The first-order valence-electron chi connectivity index (χ1n) is 8.14. The van der Waals surface area contributed by atoms with Crippen LogP contribution in [0.15, 0.2) is 35.9 Å². The molecule has 0 unspecified atom stereocenters. The SMILES string of the molecule is CNCCc1ccccc1CN1CC=C(C(C)(C)C)CC1. The maximum Gasteiger partial charge on any atom is 0.0239 e. The monoisotopic (exact) mass is 286 g/mol.